The van der Waals surface area contributed by atoms with Crippen molar-refractivity contribution in [3.63, 3.8) is 0 Å². The van der Waals surface area contributed by atoms with Crippen molar-refractivity contribution in [2.24, 2.45) is 0 Å². The van der Waals surface area contributed by atoms with Gasteiger partial charge in [-0.1, -0.05) is 28.1 Å². The minimum Gasteiger partial charge on any atom is -0.362 e. The molecule has 0 amide bonds. The number of nitrogens with zero attached hydrogens (tertiary/aromatic N) is 1. The fraction of sp³-hybridized carbons (Fsp3) is 0.364. The average Bonchev–Trinajstić information content (AvgIpc) is 2.69. The molecule has 80 valence electrons. The van der Waals surface area contributed by atoms with Crippen LogP contribution in [0.1, 0.15) is 18.4 Å². The maximum absolute atomic E-state index is 13.6. The summed E-state index contributed by atoms with van der Waals surface area (Å²) in [5.41, 5.74) is 0.537. The van der Waals surface area contributed by atoms with E-state index in [1.165, 1.54) is 6.07 Å². The molecule has 0 aliphatic carbocycles. The predicted octanol–water partition coefficient (Wildman–Crippen LogP) is 3.36. The SMILES string of the molecule is Fc1cc(Br)ccc1C(=S)N1CCCC1. The summed E-state index contributed by atoms with van der Waals surface area (Å²) in [5, 5.41) is 0. The van der Waals surface area contributed by atoms with Crippen LogP contribution in [0.2, 0.25) is 0 Å². The second-order valence-corrected chi connectivity index (χ2v) is 4.93. The van der Waals surface area contributed by atoms with E-state index in [-0.39, 0.29) is 5.82 Å². The van der Waals surface area contributed by atoms with Crippen LogP contribution >= 0.6 is 28.1 Å². The van der Waals surface area contributed by atoms with Crippen molar-refractivity contribution in [3.8, 4) is 0 Å². The molecule has 1 fully saturated rings. The summed E-state index contributed by atoms with van der Waals surface area (Å²) in [4.78, 5) is 2.71. The monoisotopic (exact) mass is 287 g/mol. The molecular formula is C11H11BrFNS. The number of halogens is 2. The molecule has 0 saturated carbocycles. The zero-order chi connectivity index (χ0) is 10.8. The van der Waals surface area contributed by atoms with Gasteiger partial charge in [0.25, 0.3) is 0 Å². The largest absolute Gasteiger partial charge is 0.362 e. The fourth-order valence-electron chi connectivity index (χ4n) is 1.75. The van der Waals surface area contributed by atoms with Gasteiger partial charge in [-0.15, -0.1) is 0 Å². The highest BCUT2D eigenvalue weighted by Crippen LogP contribution is 2.19. The van der Waals surface area contributed by atoms with E-state index in [1.807, 2.05) is 6.07 Å². The van der Waals surface area contributed by atoms with Crippen LogP contribution in [-0.2, 0) is 0 Å². The minimum absolute atomic E-state index is 0.249. The number of benzene rings is 1. The molecular weight excluding hydrogens is 277 g/mol. The lowest BCUT2D eigenvalue weighted by Gasteiger charge is -2.18. The first-order chi connectivity index (χ1) is 7.18. The van der Waals surface area contributed by atoms with Crippen LogP contribution in [0.4, 0.5) is 4.39 Å². The molecule has 0 bridgehead atoms. The predicted molar refractivity (Wildman–Crippen MR) is 66.6 cm³/mol. The van der Waals surface area contributed by atoms with Gasteiger partial charge in [0, 0.05) is 23.1 Å². The summed E-state index contributed by atoms with van der Waals surface area (Å²) >= 11 is 8.51. The zero-order valence-electron chi connectivity index (χ0n) is 8.17. The van der Waals surface area contributed by atoms with E-state index in [9.17, 15) is 4.39 Å². The smallest absolute Gasteiger partial charge is 0.134 e. The summed E-state index contributed by atoms with van der Waals surface area (Å²) < 4.78 is 14.4. The average molecular weight is 288 g/mol. The van der Waals surface area contributed by atoms with Gasteiger partial charge in [-0.05, 0) is 31.0 Å². The lowest BCUT2D eigenvalue weighted by molar-refractivity contribution is 0.525. The zero-order valence-corrected chi connectivity index (χ0v) is 10.6. The molecule has 4 heteroatoms. The molecule has 1 nitrogen and oxygen atoms in total. The molecule has 1 aromatic carbocycles. The van der Waals surface area contributed by atoms with Gasteiger partial charge in [-0.2, -0.15) is 0 Å². The molecule has 0 unspecified atom stereocenters. The second kappa shape index (κ2) is 4.58. The van der Waals surface area contributed by atoms with Crippen LogP contribution in [0.3, 0.4) is 0 Å². The van der Waals surface area contributed by atoms with E-state index in [2.05, 4.69) is 20.8 Å². The van der Waals surface area contributed by atoms with Gasteiger partial charge in [0.2, 0.25) is 0 Å². The number of hydrogen-bond acceptors (Lipinski definition) is 1. The van der Waals surface area contributed by atoms with E-state index in [0.29, 0.717) is 10.6 Å². The van der Waals surface area contributed by atoms with Crippen LogP contribution in [0.25, 0.3) is 0 Å². The Hall–Kier alpha value is -0.480. The molecule has 15 heavy (non-hydrogen) atoms. The van der Waals surface area contributed by atoms with Gasteiger partial charge in [0.15, 0.2) is 0 Å². The van der Waals surface area contributed by atoms with Crippen LogP contribution in [-0.4, -0.2) is 23.0 Å². The summed E-state index contributed by atoms with van der Waals surface area (Å²) in [7, 11) is 0. The summed E-state index contributed by atoms with van der Waals surface area (Å²) in [6, 6.07) is 5.01. The molecule has 0 radical (unpaired) electrons. The van der Waals surface area contributed by atoms with Gasteiger partial charge in [-0.25, -0.2) is 4.39 Å². The third kappa shape index (κ3) is 2.37. The first-order valence-electron chi connectivity index (χ1n) is 4.93. The highest BCUT2D eigenvalue weighted by molar-refractivity contribution is 9.10. The third-order valence-corrected chi connectivity index (χ3v) is 3.53. The Morgan fingerprint density at radius 2 is 2.00 bits per heavy atom. The summed E-state index contributed by atoms with van der Waals surface area (Å²) in [6.07, 6.45) is 2.30. The first kappa shape index (κ1) is 11.0. The van der Waals surface area contributed by atoms with Gasteiger partial charge < -0.3 is 4.90 Å². The quantitative estimate of drug-likeness (QED) is 0.729. The third-order valence-electron chi connectivity index (χ3n) is 2.55. The second-order valence-electron chi connectivity index (χ2n) is 3.62. The Balaban J connectivity index is 2.24. The Kier molecular flexibility index (Phi) is 3.36. The lowest BCUT2D eigenvalue weighted by Crippen LogP contribution is -2.27. The molecule has 1 aliphatic heterocycles. The fourth-order valence-corrected chi connectivity index (χ4v) is 2.43. The highest BCUT2D eigenvalue weighted by atomic mass is 79.9. The summed E-state index contributed by atoms with van der Waals surface area (Å²) in [5.74, 6) is -0.249. The van der Waals surface area contributed by atoms with Gasteiger partial charge in [0.05, 0.1) is 0 Å². The normalized spacial score (nSPS) is 15.7. The van der Waals surface area contributed by atoms with Gasteiger partial charge in [0.1, 0.15) is 10.8 Å². The molecule has 1 heterocycles. The van der Waals surface area contributed by atoms with Crippen molar-refractivity contribution < 1.29 is 4.39 Å². The van der Waals surface area contributed by atoms with Crippen molar-refractivity contribution in [3.05, 3.63) is 34.1 Å². The van der Waals surface area contributed by atoms with E-state index >= 15 is 0 Å². The molecule has 0 spiro atoms. The maximum Gasteiger partial charge on any atom is 0.134 e. The molecule has 0 atom stereocenters. The Labute approximate surface area is 102 Å². The molecule has 1 aromatic rings. The van der Waals surface area contributed by atoms with Gasteiger partial charge >= 0.3 is 0 Å². The number of thiocarbonyl (C=S) groups is 1. The lowest BCUT2D eigenvalue weighted by atomic mass is 10.2. The molecule has 0 aromatic heterocycles. The van der Waals surface area contributed by atoms with E-state index in [0.717, 1.165) is 30.4 Å². The Bertz CT molecular complexity index is 388. The molecule has 0 N–H and O–H groups in total. The number of hydrogen-bond donors (Lipinski definition) is 0. The molecule has 1 saturated heterocycles. The van der Waals surface area contributed by atoms with Crippen LogP contribution in [0.15, 0.2) is 22.7 Å². The van der Waals surface area contributed by atoms with Gasteiger partial charge in [-0.3, -0.25) is 0 Å². The van der Waals surface area contributed by atoms with E-state index in [4.69, 9.17) is 12.2 Å². The minimum atomic E-state index is -0.249. The van der Waals surface area contributed by atoms with Crippen molar-refractivity contribution >= 4 is 33.1 Å². The topological polar surface area (TPSA) is 3.24 Å². The van der Waals surface area contributed by atoms with Crippen molar-refractivity contribution in [2.75, 3.05) is 13.1 Å². The highest BCUT2D eigenvalue weighted by Gasteiger charge is 2.18. The Morgan fingerprint density at radius 3 is 2.60 bits per heavy atom. The van der Waals surface area contributed by atoms with Crippen LogP contribution < -0.4 is 0 Å². The van der Waals surface area contributed by atoms with Crippen molar-refractivity contribution in [2.45, 2.75) is 12.8 Å². The molecule has 2 rings (SSSR count). The standard InChI is InChI=1S/C11H11BrFNS/c12-8-3-4-9(10(13)7-8)11(15)14-5-1-2-6-14/h3-4,7H,1-2,5-6H2. The Morgan fingerprint density at radius 1 is 1.33 bits per heavy atom. The van der Waals surface area contributed by atoms with Crippen LogP contribution in [0.5, 0.6) is 0 Å². The van der Waals surface area contributed by atoms with Crippen molar-refractivity contribution in [1.82, 2.24) is 4.90 Å². The first-order valence-corrected chi connectivity index (χ1v) is 6.13. The van der Waals surface area contributed by atoms with Crippen molar-refractivity contribution in [1.29, 1.82) is 0 Å². The number of likely N-dealkylation sites (tertiary alicyclic amines) is 1. The van der Waals surface area contributed by atoms with Crippen LogP contribution in [0, 0.1) is 5.82 Å². The number of rotatable bonds is 1. The summed E-state index contributed by atoms with van der Waals surface area (Å²) in [6.45, 7) is 1.91. The molecule has 1 aliphatic rings. The maximum atomic E-state index is 13.6. The van der Waals surface area contributed by atoms with E-state index in [1.54, 1.807) is 6.07 Å². The van der Waals surface area contributed by atoms with E-state index < -0.39 is 0 Å².